The molecule has 0 atom stereocenters. The van der Waals surface area contributed by atoms with Crippen LogP contribution in [0.25, 0.3) is 22.4 Å². The van der Waals surface area contributed by atoms with Gasteiger partial charge in [-0.05, 0) is 54.8 Å². The van der Waals surface area contributed by atoms with Crippen LogP contribution in [0.3, 0.4) is 0 Å². The summed E-state index contributed by atoms with van der Waals surface area (Å²) in [6, 6.07) is 10.2. The van der Waals surface area contributed by atoms with E-state index in [1.807, 2.05) is 18.2 Å². The second kappa shape index (κ2) is 8.15. The molecule has 2 aromatic heterocycles. The van der Waals surface area contributed by atoms with Crippen LogP contribution in [0.15, 0.2) is 48.8 Å². The molecule has 1 aliphatic heterocycles. The Bertz CT molecular complexity index is 1030. The van der Waals surface area contributed by atoms with Crippen molar-refractivity contribution in [1.29, 1.82) is 0 Å². The van der Waals surface area contributed by atoms with Crippen molar-refractivity contribution in [2.24, 2.45) is 0 Å². The first-order chi connectivity index (χ1) is 14.2. The van der Waals surface area contributed by atoms with Crippen LogP contribution in [0.5, 0.6) is 0 Å². The molecular weight excluding hydrogens is 371 g/mol. The van der Waals surface area contributed by atoms with Gasteiger partial charge in [0.1, 0.15) is 17.6 Å². The van der Waals surface area contributed by atoms with Gasteiger partial charge in [0.15, 0.2) is 0 Å². The number of pyridine rings is 1. The van der Waals surface area contributed by atoms with E-state index in [2.05, 4.69) is 19.9 Å². The van der Waals surface area contributed by atoms with Crippen LogP contribution in [0.4, 0.5) is 9.18 Å². The fraction of sp³-hybridized carbons (Fsp3) is 0.227. The first-order valence-electron chi connectivity index (χ1n) is 9.33. The number of rotatable bonds is 3. The van der Waals surface area contributed by atoms with E-state index in [0.717, 1.165) is 40.9 Å². The molecule has 0 bridgehead atoms. The van der Waals surface area contributed by atoms with Gasteiger partial charge < -0.3 is 9.64 Å². The van der Waals surface area contributed by atoms with Crippen LogP contribution in [-0.2, 0) is 4.74 Å². The van der Waals surface area contributed by atoms with E-state index in [4.69, 9.17) is 6.42 Å². The third kappa shape index (κ3) is 3.83. The van der Waals surface area contributed by atoms with E-state index in [0.29, 0.717) is 13.1 Å². The molecule has 3 heterocycles. The van der Waals surface area contributed by atoms with Gasteiger partial charge in [-0.1, -0.05) is 6.42 Å². The van der Waals surface area contributed by atoms with Crippen LogP contribution in [0.1, 0.15) is 24.5 Å². The number of amides is 1. The third-order valence-corrected chi connectivity index (χ3v) is 5.19. The van der Waals surface area contributed by atoms with Gasteiger partial charge in [0.2, 0.25) is 0 Å². The molecule has 1 saturated heterocycles. The highest BCUT2D eigenvalue weighted by molar-refractivity contribution is 5.82. The number of ether oxygens (including phenoxy) is 1. The second-order valence-electron chi connectivity index (χ2n) is 6.85. The maximum atomic E-state index is 13.4. The van der Waals surface area contributed by atoms with Crippen molar-refractivity contribution in [3.05, 3.63) is 60.3 Å². The van der Waals surface area contributed by atoms with E-state index in [-0.39, 0.29) is 11.7 Å². The van der Waals surface area contributed by atoms with Gasteiger partial charge in [-0.15, -0.1) is 0 Å². The summed E-state index contributed by atoms with van der Waals surface area (Å²) in [7, 11) is 0. The lowest BCUT2D eigenvalue weighted by atomic mass is 9.88. The minimum Gasteiger partial charge on any atom is -0.356 e. The molecule has 7 heteroatoms. The number of terminal acetylenes is 1. The summed E-state index contributed by atoms with van der Waals surface area (Å²) < 4.78 is 18.0. The normalized spacial score (nSPS) is 14.4. The number of aromatic nitrogens is 3. The van der Waals surface area contributed by atoms with Crippen molar-refractivity contribution in [2.45, 2.75) is 18.8 Å². The molecule has 3 aromatic rings. The molecule has 0 radical (unpaired) electrons. The quantitative estimate of drug-likeness (QED) is 0.681. The number of halogens is 1. The van der Waals surface area contributed by atoms with Crippen molar-refractivity contribution in [3.8, 4) is 34.9 Å². The number of hydrogen-bond acceptors (Lipinski definition) is 4. The third-order valence-electron chi connectivity index (χ3n) is 5.19. The minimum absolute atomic E-state index is 0.190. The van der Waals surface area contributed by atoms with Crippen molar-refractivity contribution in [3.63, 3.8) is 0 Å². The number of nitrogens with one attached hydrogen (secondary N) is 1. The lowest BCUT2D eigenvalue weighted by molar-refractivity contribution is 0.130. The van der Waals surface area contributed by atoms with E-state index >= 15 is 0 Å². The molecule has 4 rings (SSSR count). The number of carbonyl (C=O) groups is 1. The maximum Gasteiger partial charge on any atom is 0.423 e. The number of piperidine rings is 1. The Balaban J connectivity index is 1.67. The largest absolute Gasteiger partial charge is 0.423 e. The second-order valence-corrected chi connectivity index (χ2v) is 6.85. The highest BCUT2D eigenvalue weighted by Gasteiger charge is 2.29. The summed E-state index contributed by atoms with van der Waals surface area (Å²) in [6.07, 6.45) is 11.5. The molecule has 1 amide bonds. The Morgan fingerprint density at radius 1 is 1.14 bits per heavy atom. The summed E-state index contributed by atoms with van der Waals surface area (Å²) in [5.74, 6) is -0.101. The minimum atomic E-state index is -0.489. The van der Waals surface area contributed by atoms with E-state index in [1.165, 1.54) is 12.1 Å². The smallest absolute Gasteiger partial charge is 0.356 e. The predicted octanol–water partition coefficient (Wildman–Crippen LogP) is 4.18. The number of aromatic amines is 1. The summed E-state index contributed by atoms with van der Waals surface area (Å²) in [5.41, 5.74) is 4.55. The lowest BCUT2D eigenvalue weighted by Crippen LogP contribution is -2.37. The van der Waals surface area contributed by atoms with Gasteiger partial charge in [0.05, 0.1) is 0 Å². The molecule has 0 unspecified atom stereocenters. The molecular formula is C22H19FN4O2. The van der Waals surface area contributed by atoms with Crippen molar-refractivity contribution < 1.29 is 13.9 Å². The average Bonchev–Trinajstić information content (AvgIpc) is 3.20. The predicted molar refractivity (Wildman–Crippen MR) is 106 cm³/mol. The topological polar surface area (TPSA) is 71.1 Å². The van der Waals surface area contributed by atoms with Gasteiger partial charge in [-0.3, -0.25) is 10.1 Å². The molecule has 146 valence electrons. The highest BCUT2D eigenvalue weighted by atomic mass is 19.1. The highest BCUT2D eigenvalue weighted by Crippen LogP contribution is 2.39. The fourth-order valence-electron chi connectivity index (χ4n) is 3.74. The number of benzene rings is 1. The maximum absolute atomic E-state index is 13.4. The number of nitrogens with zero attached hydrogens (tertiary/aromatic N) is 3. The molecule has 1 fully saturated rings. The zero-order valence-corrected chi connectivity index (χ0v) is 15.6. The average molecular weight is 390 g/mol. The van der Waals surface area contributed by atoms with Crippen LogP contribution < -0.4 is 0 Å². The SMILES string of the molecule is C#COC(=O)N1CCC(c2[nH]nc(-c3ccc(F)cc3)c2-c2ccncc2)CC1. The lowest BCUT2D eigenvalue weighted by Gasteiger charge is -2.30. The van der Waals surface area contributed by atoms with Crippen molar-refractivity contribution >= 4 is 6.09 Å². The van der Waals surface area contributed by atoms with Gasteiger partial charge in [-0.2, -0.15) is 5.10 Å². The molecule has 1 N–H and O–H groups in total. The van der Waals surface area contributed by atoms with E-state index in [1.54, 1.807) is 29.4 Å². The number of hydrogen-bond donors (Lipinski definition) is 1. The zero-order chi connectivity index (χ0) is 20.2. The fourth-order valence-corrected chi connectivity index (χ4v) is 3.74. The van der Waals surface area contributed by atoms with Crippen LogP contribution in [0.2, 0.25) is 0 Å². The molecule has 29 heavy (non-hydrogen) atoms. The van der Waals surface area contributed by atoms with Crippen LogP contribution >= 0.6 is 0 Å². The number of H-pyrrole nitrogens is 1. The molecule has 0 saturated carbocycles. The van der Waals surface area contributed by atoms with Gasteiger partial charge >= 0.3 is 6.09 Å². The Morgan fingerprint density at radius 3 is 2.48 bits per heavy atom. The summed E-state index contributed by atoms with van der Waals surface area (Å²) in [5, 5.41) is 7.75. The first-order valence-corrected chi connectivity index (χ1v) is 9.33. The van der Waals surface area contributed by atoms with E-state index in [9.17, 15) is 9.18 Å². The number of carbonyl (C=O) groups excluding carboxylic acids is 1. The van der Waals surface area contributed by atoms with Gasteiger partial charge in [0, 0.05) is 48.2 Å². The van der Waals surface area contributed by atoms with Crippen molar-refractivity contribution in [2.75, 3.05) is 13.1 Å². The Labute approximate surface area is 167 Å². The molecule has 0 spiro atoms. The first kappa shape index (κ1) is 18.7. The number of likely N-dealkylation sites (tertiary alicyclic amines) is 1. The standard InChI is InChI=1S/C22H19FN4O2/c1-2-29-22(28)27-13-9-17(10-14-27)21-19(15-7-11-24-12-8-15)20(25-26-21)16-3-5-18(23)6-4-16/h1,3-8,11-12,17H,9-10,13-14H2,(H,25,26). The summed E-state index contributed by atoms with van der Waals surface area (Å²) >= 11 is 0. The summed E-state index contributed by atoms with van der Waals surface area (Å²) in [4.78, 5) is 17.6. The Hall–Kier alpha value is -3.66. The van der Waals surface area contributed by atoms with Crippen LogP contribution in [0, 0.1) is 18.3 Å². The summed E-state index contributed by atoms with van der Waals surface area (Å²) in [6.45, 7) is 1.09. The Kier molecular flexibility index (Phi) is 5.25. The molecule has 0 aliphatic carbocycles. The van der Waals surface area contributed by atoms with E-state index < -0.39 is 6.09 Å². The Morgan fingerprint density at radius 2 is 1.83 bits per heavy atom. The monoisotopic (exact) mass is 390 g/mol. The molecule has 1 aliphatic rings. The zero-order valence-electron chi connectivity index (χ0n) is 15.6. The van der Waals surface area contributed by atoms with Crippen molar-refractivity contribution in [1.82, 2.24) is 20.1 Å². The molecule has 1 aromatic carbocycles. The van der Waals surface area contributed by atoms with Gasteiger partial charge in [-0.25, -0.2) is 9.18 Å². The molecule has 6 nitrogen and oxygen atoms in total. The van der Waals surface area contributed by atoms with Crippen LogP contribution in [-0.4, -0.2) is 39.3 Å². The van der Waals surface area contributed by atoms with Gasteiger partial charge in [0.25, 0.3) is 0 Å².